The van der Waals surface area contributed by atoms with Gasteiger partial charge in [0, 0.05) is 6.54 Å². The van der Waals surface area contributed by atoms with Crippen LogP contribution in [-0.2, 0) is 9.53 Å². The average molecular weight is 179 g/mol. The molecule has 0 aromatic rings. The van der Waals surface area contributed by atoms with Crippen molar-refractivity contribution in [1.82, 2.24) is 5.32 Å². The Morgan fingerprint density at radius 3 is 2.38 bits per heavy atom. The van der Waals surface area contributed by atoms with E-state index in [9.17, 15) is 4.79 Å². The number of methoxy groups -OCH3 is 1. The molecule has 0 amide bonds. The third kappa shape index (κ3) is 2.84. The van der Waals surface area contributed by atoms with Crippen LogP contribution in [0.1, 0.15) is 6.92 Å². The molecule has 0 aromatic carbocycles. The van der Waals surface area contributed by atoms with E-state index in [0.29, 0.717) is 6.54 Å². The minimum atomic E-state index is -0.806. The maximum absolute atomic E-state index is 10.9. The molecule has 0 atom stereocenters. The van der Waals surface area contributed by atoms with E-state index < -0.39 is 5.97 Å². The van der Waals surface area contributed by atoms with E-state index in [2.05, 4.69) is 10.1 Å². The van der Waals surface area contributed by atoms with Gasteiger partial charge in [-0.2, -0.15) is 10.5 Å². The van der Waals surface area contributed by atoms with Crippen LogP contribution in [0.5, 0.6) is 0 Å². The highest BCUT2D eigenvalue weighted by Gasteiger charge is 2.14. The first kappa shape index (κ1) is 11.0. The lowest BCUT2D eigenvalue weighted by molar-refractivity contribution is -0.135. The first-order chi connectivity index (χ1) is 6.21. The number of ether oxygens (including phenoxy) is 1. The van der Waals surface area contributed by atoms with Gasteiger partial charge < -0.3 is 10.1 Å². The number of rotatable bonds is 3. The Morgan fingerprint density at radius 1 is 1.46 bits per heavy atom. The molecule has 0 saturated carbocycles. The number of esters is 1. The third-order valence-corrected chi connectivity index (χ3v) is 1.22. The lowest BCUT2D eigenvalue weighted by atomic mass is 10.2. The van der Waals surface area contributed by atoms with Gasteiger partial charge in [-0.3, -0.25) is 0 Å². The van der Waals surface area contributed by atoms with Crippen LogP contribution in [0.25, 0.3) is 0 Å². The number of carbonyl (C=O) groups is 1. The fourth-order valence-electron chi connectivity index (χ4n) is 0.666. The number of hydrogen-bond acceptors (Lipinski definition) is 5. The zero-order valence-corrected chi connectivity index (χ0v) is 7.42. The van der Waals surface area contributed by atoms with Crippen LogP contribution in [-0.4, -0.2) is 19.6 Å². The van der Waals surface area contributed by atoms with Gasteiger partial charge in [0.1, 0.15) is 17.8 Å². The predicted molar refractivity (Wildman–Crippen MR) is 43.9 cm³/mol. The Balaban J connectivity index is 4.99. The summed E-state index contributed by atoms with van der Waals surface area (Å²) < 4.78 is 4.32. The minimum absolute atomic E-state index is 0.0585. The molecule has 0 aromatic heterocycles. The van der Waals surface area contributed by atoms with E-state index in [0.717, 1.165) is 7.11 Å². The summed E-state index contributed by atoms with van der Waals surface area (Å²) in [6, 6.07) is 3.32. The molecule has 0 aliphatic carbocycles. The van der Waals surface area contributed by atoms with Crippen LogP contribution in [0.2, 0.25) is 0 Å². The Labute approximate surface area is 76.2 Å². The van der Waals surface area contributed by atoms with E-state index >= 15 is 0 Å². The van der Waals surface area contributed by atoms with E-state index in [1.54, 1.807) is 19.1 Å². The Kier molecular flexibility index (Phi) is 4.75. The van der Waals surface area contributed by atoms with Crippen LogP contribution in [0, 0.1) is 22.7 Å². The second-order valence-electron chi connectivity index (χ2n) is 2.00. The Bertz CT molecular complexity index is 306. The van der Waals surface area contributed by atoms with Crippen LogP contribution < -0.4 is 5.32 Å². The second kappa shape index (κ2) is 5.62. The van der Waals surface area contributed by atoms with Gasteiger partial charge >= 0.3 is 5.97 Å². The van der Waals surface area contributed by atoms with Crippen molar-refractivity contribution in [1.29, 1.82) is 10.5 Å². The Morgan fingerprint density at radius 2 is 2.08 bits per heavy atom. The lowest BCUT2D eigenvalue weighted by Gasteiger charge is -2.01. The number of nitrogens with zero attached hydrogens (tertiary/aromatic N) is 2. The fraction of sp³-hybridized carbons (Fsp3) is 0.375. The lowest BCUT2D eigenvalue weighted by Crippen LogP contribution is -2.17. The smallest absolute Gasteiger partial charge is 0.351 e. The molecule has 0 unspecified atom stereocenters. The van der Waals surface area contributed by atoms with Crippen molar-refractivity contribution in [2.24, 2.45) is 0 Å². The van der Waals surface area contributed by atoms with Crippen molar-refractivity contribution >= 4 is 5.97 Å². The molecule has 5 heteroatoms. The second-order valence-corrected chi connectivity index (χ2v) is 2.00. The molecule has 0 aliphatic rings. The molecule has 13 heavy (non-hydrogen) atoms. The molecule has 0 fully saturated rings. The summed E-state index contributed by atoms with van der Waals surface area (Å²) in [6.45, 7) is 2.22. The van der Waals surface area contributed by atoms with Crippen molar-refractivity contribution in [3.63, 3.8) is 0 Å². The zero-order chi connectivity index (χ0) is 10.3. The molecule has 0 bridgehead atoms. The fourth-order valence-corrected chi connectivity index (χ4v) is 0.666. The first-order valence-electron chi connectivity index (χ1n) is 3.57. The number of allylic oxidation sites excluding steroid dienone is 1. The normalized spacial score (nSPS) is 10.5. The van der Waals surface area contributed by atoms with Gasteiger partial charge in [0.15, 0.2) is 5.57 Å². The first-order valence-corrected chi connectivity index (χ1v) is 3.57. The van der Waals surface area contributed by atoms with Gasteiger partial charge in [0.05, 0.1) is 7.11 Å². The Hall–Kier alpha value is -2.01. The monoisotopic (exact) mass is 179 g/mol. The summed E-state index contributed by atoms with van der Waals surface area (Å²) in [5, 5.41) is 19.7. The molecule has 0 spiro atoms. The van der Waals surface area contributed by atoms with Gasteiger partial charge in [-0.15, -0.1) is 0 Å². The largest absolute Gasteiger partial charge is 0.465 e. The molecule has 1 N–H and O–H groups in total. The van der Waals surface area contributed by atoms with E-state index in [1.165, 1.54) is 0 Å². The summed E-state index contributed by atoms with van der Waals surface area (Å²) >= 11 is 0. The van der Waals surface area contributed by atoms with E-state index in [4.69, 9.17) is 10.5 Å². The molecule has 0 saturated heterocycles. The van der Waals surface area contributed by atoms with Crippen LogP contribution >= 0.6 is 0 Å². The van der Waals surface area contributed by atoms with Gasteiger partial charge in [0.25, 0.3) is 0 Å². The number of nitriles is 2. The molecule has 0 heterocycles. The zero-order valence-electron chi connectivity index (χ0n) is 7.42. The van der Waals surface area contributed by atoms with Gasteiger partial charge in [-0.25, -0.2) is 4.79 Å². The predicted octanol–water partition coefficient (Wildman–Crippen LogP) is 0.0702. The van der Waals surface area contributed by atoms with Crippen molar-refractivity contribution in [2.45, 2.75) is 6.92 Å². The molecule has 5 nitrogen and oxygen atoms in total. The minimum Gasteiger partial charge on any atom is -0.465 e. The van der Waals surface area contributed by atoms with Gasteiger partial charge in [-0.1, -0.05) is 0 Å². The summed E-state index contributed by atoms with van der Waals surface area (Å²) in [7, 11) is 1.15. The van der Waals surface area contributed by atoms with Gasteiger partial charge in [0.2, 0.25) is 0 Å². The van der Waals surface area contributed by atoms with E-state index in [1.807, 2.05) is 0 Å². The summed E-state index contributed by atoms with van der Waals surface area (Å²) in [6.07, 6.45) is 0. The van der Waals surface area contributed by atoms with Crippen molar-refractivity contribution in [2.75, 3.05) is 13.7 Å². The summed E-state index contributed by atoms with van der Waals surface area (Å²) in [5.74, 6) is -0.806. The molecular weight excluding hydrogens is 170 g/mol. The quantitative estimate of drug-likeness (QED) is 0.376. The molecule has 0 radical (unpaired) electrons. The maximum atomic E-state index is 10.9. The topological polar surface area (TPSA) is 85.9 Å². The van der Waals surface area contributed by atoms with Crippen LogP contribution in [0.4, 0.5) is 0 Å². The van der Waals surface area contributed by atoms with Crippen molar-refractivity contribution in [3.05, 3.63) is 11.3 Å². The van der Waals surface area contributed by atoms with Crippen molar-refractivity contribution < 1.29 is 9.53 Å². The van der Waals surface area contributed by atoms with Crippen molar-refractivity contribution in [3.8, 4) is 12.1 Å². The average Bonchev–Trinajstić information content (AvgIpc) is 2.17. The molecule has 0 rings (SSSR count). The highest BCUT2D eigenvalue weighted by atomic mass is 16.5. The SMILES string of the molecule is CCN/C(C#N)=C(/C#N)C(=O)OC. The third-order valence-electron chi connectivity index (χ3n) is 1.22. The highest BCUT2D eigenvalue weighted by Crippen LogP contribution is 2.01. The van der Waals surface area contributed by atoms with E-state index in [-0.39, 0.29) is 11.3 Å². The number of nitrogens with one attached hydrogen (secondary N) is 1. The highest BCUT2D eigenvalue weighted by molar-refractivity contribution is 5.94. The number of carbonyl (C=O) groups excluding carboxylic acids is 1. The molecule has 0 aliphatic heterocycles. The van der Waals surface area contributed by atoms with Gasteiger partial charge in [-0.05, 0) is 6.92 Å². The number of hydrogen-bond donors (Lipinski definition) is 1. The summed E-state index contributed by atoms with van der Waals surface area (Å²) in [4.78, 5) is 10.9. The molecule has 68 valence electrons. The maximum Gasteiger partial charge on any atom is 0.351 e. The van der Waals surface area contributed by atoms with Crippen LogP contribution in [0.3, 0.4) is 0 Å². The molecular formula is C8H9N3O2. The standard InChI is InChI=1S/C8H9N3O2/c1-3-11-7(5-10)6(4-9)8(12)13-2/h11H,3H2,1-2H3/b7-6-. The van der Waals surface area contributed by atoms with Crippen LogP contribution in [0.15, 0.2) is 11.3 Å². The summed E-state index contributed by atoms with van der Waals surface area (Å²) in [5.41, 5.74) is -0.358.